The van der Waals surface area contributed by atoms with Gasteiger partial charge in [-0.05, 0) is 44.4 Å². The molecule has 3 atom stereocenters. The predicted molar refractivity (Wildman–Crippen MR) is 72.7 cm³/mol. The first kappa shape index (κ1) is 14.3. The molecule has 1 aromatic rings. The summed E-state index contributed by atoms with van der Waals surface area (Å²) >= 11 is 0. The van der Waals surface area contributed by atoms with E-state index in [4.69, 9.17) is 15.2 Å². The molecule has 106 valence electrons. The van der Waals surface area contributed by atoms with Gasteiger partial charge in [-0.25, -0.2) is 4.39 Å². The molecule has 1 aliphatic carbocycles. The molecule has 0 aliphatic heterocycles. The minimum absolute atomic E-state index is 0.127. The summed E-state index contributed by atoms with van der Waals surface area (Å²) in [6, 6.07) is 4.30. The van der Waals surface area contributed by atoms with Crippen molar-refractivity contribution in [2.75, 3.05) is 7.11 Å². The highest BCUT2D eigenvalue weighted by Crippen LogP contribution is 2.30. The van der Waals surface area contributed by atoms with Crippen LogP contribution in [0, 0.1) is 5.82 Å². The van der Waals surface area contributed by atoms with E-state index < -0.39 is 0 Å². The number of hydrogen-bond acceptors (Lipinski definition) is 3. The molecule has 19 heavy (non-hydrogen) atoms. The van der Waals surface area contributed by atoms with Crippen molar-refractivity contribution in [2.45, 2.75) is 50.9 Å². The van der Waals surface area contributed by atoms with Crippen LogP contribution in [0.15, 0.2) is 18.2 Å². The number of halogens is 1. The fourth-order valence-corrected chi connectivity index (χ4v) is 2.59. The number of nitrogens with two attached hydrogens (primary N) is 1. The van der Waals surface area contributed by atoms with E-state index in [1.165, 1.54) is 12.1 Å². The molecule has 0 radical (unpaired) electrons. The molecule has 0 bridgehead atoms. The fourth-order valence-electron chi connectivity index (χ4n) is 2.59. The maximum absolute atomic E-state index is 13.3. The Bertz CT molecular complexity index is 423. The Kier molecular flexibility index (Phi) is 4.77. The zero-order valence-corrected chi connectivity index (χ0v) is 11.6. The van der Waals surface area contributed by atoms with E-state index in [1.807, 2.05) is 6.92 Å². The molecular formula is C15H22FNO2. The SMILES string of the molecule is COC1CCCC(Oc2ccc(F)cc2[C@H](C)N)C1. The van der Waals surface area contributed by atoms with Crippen LogP contribution in [0.5, 0.6) is 5.75 Å². The van der Waals surface area contributed by atoms with E-state index in [2.05, 4.69) is 0 Å². The quantitative estimate of drug-likeness (QED) is 0.911. The summed E-state index contributed by atoms with van der Waals surface area (Å²) in [5.74, 6) is 0.413. The zero-order valence-electron chi connectivity index (χ0n) is 11.6. The highest BCUT2D eigenvalue weighted by molar-refractivity contribution is 5.36. The average molecular weight is 267 g/mol. The molecule has 0 saturated heterocycles. The molecule has 1 aromatic carbocycles. The standard InChI is InChI=1S/C15H22FNO2/c1-10(17)14-8-11(16)6-7-15(14)19-13-5-3-4-12(9-13)18-2/h6-8,10,12-13H,3-5,9,17H2,1-2H3/t10-,12?,13?/m0/s1. The molecule has 2 rings (SSSR count). The second kappa shape index (κ2) is 6.35. The van der Waals surface area contributed by atoms with Crippen LogP contribution in [0.1, 0.15) is 44.2 Å². The van der Waals surface area contributed by atoms with Crippen molar-refractivity contribution in [1.29, 1.82) is 0 Å². The van der Waals surface area contributed by atoms with E-state index >= 15 is 0 Å². The predicted octanol–water partition coefficient (Wildman–Crippen LogP) is 3.18. The van der Waals surface area contributed by atoms with E-state index in [1.54, 1.807) is 13.2 Å². The summed E-state index contributed by atoms with van der Waals surface area (Å²) in [5.41, 5.74) is 6.59. The van der Waals surface area contributed by atoms with E-state index in [0.717, 1.165) is 31.2 Å². The second-order valence-electron chi connectivity index (χ2n) is 5.23. The lowest BCUT2D eigenvalue weighted by molar-refractivity contribution is 0.0205. The van der Waals surface area contributed by atoms with Crippen LogP contribution in [-0.4, -0.2) is 19.3 Å². The minimum Gasteiger partial charge on any atom is -0.490 e. The first-order valence-electron chi connectivity index (χ1n) is 6.84. The molecule has 2 unspecified atom stereocenters. The van der Waals surface area contributed by atoms with Crippen LogP contribution in [0.25, 0.3) is 0 Å². The van der Waals surface area contributed by atoms with Gasteiger partial charge in [0.15, 0.2) is 0 Å². The third kappa shape index (κ3) is 3.67. The third-order valence-corrected chi connectivity index (χ3v) is 3.67. The van der Waals surface area contributed by atoms with E-state index in [9.17, 15) is 4.39 Å². The third-order valence-electron chi connectivity index (χ3n) is 3.67. The molecule has 2 N–H and O–H groups in total. The molecule has 0 heterocycles. The Balaban J connectivity index is 2.10. The van der Waals surface area contributed by atoms with Gasteiger partial charge in [0.05, 0.1) is 6.10 Å². The van der Waals surface area contributed by atoms with Gasteiger partial charge in [-0.15, -0.1) is 0 Å². The largest absolute Gasteiger partial charge is 0.490 e. The Morgan fingerprint density at radius 1 is 1.32 bits per heavy atom. The topological polar surface area (TPSA) is 44.5 Å². The molecule has 3 nitrogen and oxygen atoms in total. The highest BCUT2D eigenvalue weighted by atomic mass is 19.1. The van der Waals surface area contributed by atoms with E-state index in [0.29, 0.717) is 5.75 Å². The van der Waals surface area contributed by atoms with Gasteiger partial charge in [0.2, 0.25) is 0 Å². The lowest BCUT2D eigenvalue weighted by Gasteiger charge is -2.29. The van der Waals surface area contributed by atoms with Crippen molar-refractivity contribution >= 4 is 0 Å². The maximum Gasteiger partial charge on any atom is 0.124 e. The van der Waals surface area contributed by atoms with Crippen molar-refractivity contribution < 1.29 is 13.9 Å². The van der Waals surface area contributed by atoms with Crippen LogP contribution < -0.4 is 10.5 Å². The van der Waals surface area contributed by atoms with Crippen LogP contribution in [0.4, 0.5) is 4.39 Å². The molecular weight excluding hydrogens is 245 g/mol. The molecule has 1 fully saturated rings. The van der Waals surface area contributed by atoms with Crippen molar-refractivity contribution in [3.63, 3.8) is 0 Å². The van der Waals surface area contributed by atoms with Crippen LogP contribution >= 0.6 is 0 Å². The molecule has 4 heteroatoms. The summed E-state index contributed by atoms with van der Waals surface area (Å²) in [6.45, 7) is 1.83. The van der Waals surface area contributed by atoms with Gasteiger partial charge in [-0.1, -0.05) is 0 Å². The van der Waals surface area contributed by atoms with Gasteiger partial charge in [-0.2, -0.15) is 0 Å². The molecule has 1 saturated carbocycles. The van der Waals surface area contributed by atoms with Crippen molar-refractivity contribution in [3.8, 4) is 5.75 Å². The number of ether oxygens (including phenoxy) is 2. The van der Waals surface area contributed by atoms with Crippen molar-refractivity contribution in [3.05, 3.63) is 29.6 Å². The smallest absolute Gasteiger partial charge is 0.124 e. The average Bonchev–Trinajstić information content (AvgIpc) is 2.41. The molecule has 1 aliphatic rings. The van der Waals surface area contributed by atoms with Crippen molar-refractivity contribution in [2.24, 2.45) is 5.73 Å². The maximum atomic E-state index is 13.3. The summed E-state index contributed by atoms with van der Waals surface area (Å²) in [5, 5.41) is 0. The van der Waals surface area contributed by atoms with Gasteiger partial charge in [-0.3, -0.25) is 0 Å². The number of hydrogen-bond donors (Lipinski definition) is 1. The Morgan fingerprint density at radius 2 is 2.05 bits per heavy atom. The lowest BCUT2D eigenvalue weighted by atomic mass is 9.94. The van der Waals surface area contributed by atoms with Gasteiger partial charge >= 0.3 is 0 Å². The minimum atomic E-state index is -0.280. The van der Waals surface area contributed by atoms with Gasteiger partial charge in [0.25, 0.3) is 0 Å². The lowest BCUT2D eigenvalue weighted by Crippen LogP contribution is -2.30. The molecule has 0 aromatic heterocycles. The first-order valence-corrected chi connectivity index (χ1v) is 6.84. The first-order chi connectivity index (χ1) is 9.10. The summed E-state index contributed by atoms with van der Waals surface area (Å²) in [7, 11) is 1.73. The number of benzene rings is 1. The van der Waals surface area contributed by atoms with Crippen LogP contribution in [0.2, 0.25) is 0 Å². The Hall–Kier alpha value is -1.13. The van der Waals surface area contributed by atoms with Crippen LogP contribution in [-0.2, 0) is 4.74 Å². The summed E-state index contributed by atoms with van der Waals surface area (Å²) in [6.07, 6.45) is 4.46. The van der Waals surface area contributed by atoms with Gasteiger partial charge in [0, 0.05) is 25.1 Å². The number of methoxy groups -OCH3 is 1. The Morgan fingerprint density at radius 3 is 2.74 bits per heavy atom. The summed E-state index contributed by atoms with van der Waals surface area (Å²) in [4.78, 5) is 0. The van der Waals surface area contributed by atoms with Gasteiger partial charge in [0.1, 0.15) is 17.7 Å². The molecule has 0 amide bonds. The van der Waals surface area contributed by atoms with E-state index in [-0.39, 0.29) is 24.1 Å². The summed E-state index contributed by atoms with van der Waals surface area (Å²) < 4.78 is 24.7. The number of rotatable bonds is 4. The highest BCUT2D eigenvalue weighted by Gasteiger charge is 2.24. The van der Waals surface area contributed by atoms with Crippen LogP contribution in [0.3, 0.4) is 0 Å². The second-order valence-corrected chi connectivity index (χ2v) is 5.23. The fraction of sp³-hybridized carbons (Fsp3) is 0.600. The normalized spacial score (nSPS) is 25.1. The Labute approximate surface area is 113 Å². The zero-order chi connectivity index (χ0) is 13.8. The molecule has 0 spiro atoms. The van der Waals surface area contributed by atoms with Crippen molar-refractivity contribution in [1.82, 2.24) is 0 Å². The van der Waals surface area contributed by atoms with Gasteiger partial charge < -0.3 is 15.2 Å². The monoisotopic (exact) mass is 267 g/mol.